The summed E-state index contributed by atoms with van der Waals surface area (Å²) in [6.07, 6.45) is 0. The van der Waals surface area contributed by atoms with Gasteiger partial charge >= 0.3 is 0 Å². The summed E-state index contributed by atoms with van der Waals surface area (Å²) in [7, 11) is 0. The molecule has 0 amide bonds. The molecule has 1 atom stereocenters. The van der Waals surface area contributed by atoms with Gasteiger partial charge in [0, 0.05) is 0 Å². The first-order valence-electron chi connectivity index (χ1n) is 3.66. The van der Waals surface area contributed by atoms with Gasteiger partial charge in [0.25, 0.3) is 0 Å². The third-order valence-corrected chi connectivity index (χ3v) is 2.68. The van der Waals surface area contributed by atoms with Gasteiger partial charge in [-0.15, -0.1) is 11.6 Å². The number of Topliss-reactive ketones (excluding diaryl/α,β-unsaturated/α-hetero) is 1. The van der Waals surface area contributed by atoms with E-state index in [0.717, 1.165) is 0 Å². The maximum absolute atomic E-state index is 11.4. The average Bonchev–Trinajstić information content (AvgIpc) is 1.91. The lowest BCUT2D eigenvalue weighted by molar-refractivity contribution is -0.132. The molecule has 1 aliphatic rings. The Labute approximate surface area is 71.9 Å². The Balaban J connectivity index is 2.96. The molecule has 3 heteroatoms. The van der Waals surface area contributed by atoms with Gasteiger partial charge in [-0.3, -0.25) is 4.79 Å². The number of alkyl halides is 1. The minimum Gasteiger partial charge on any atom is -0.360 e. The lowest BCUT2D eigenvalue weighted by atomic mass is 9.99. The Morgan fingerprint density at radius 2 is 1.82 bits per heavy atom. The highest BCUT2D eigenvalue weighted by molar-refractivity contribution is 6.33. The molecule has 0 aromatic heterocycles. The molecule has 1 heterocycles. The SMILES string of the molecule is CC1(C)OC(C)(C)C(Cl)C1=O. The second-order valence-corrected chi connectivity index (χ2v) is 4.38. The summed E-state index contributed by atoms with van der Waals surface area (Å²) >= 11 is 5.86. The van der Waals surface area contributed by atoms with E-state index in [1.165, 1.54) is 0 Å². The molecule has 1 aliphatic heterocycles. The number of ether oxygens (including phenoxy) is 1. The molecule has 0 radical (unpaired) electrons. The van der Waals surface area contributed by atoms with E-state index >= 15 is 0 Å². The highest BCUT2D eigenvalue weighted by Crippen LogP contribution is 2.37. The molecule has 0 aromatic rings. The van der Waals surface area contributed by atoms with Gasteiger partial charge in [-0.1, -0.05) is 0 Å². The van der Waals surface area contributed by atoms with Crippen LogP contribution in [0.3, 0.4) is 0 Å². The van der Waals surface area contributed by atoms with Crippen molar-refractivity contribution in [2.75, 3.05) is 0 Å². The highest BCUT2D eigenvalue weighted by atomic mass is 35.5. The van der Waals surface area contributed by atoms with Crippen LogP contribution in [0.2, 0.25) is 0 Å². The molecule has 1 saturated heterocycles. The number of carbonyl (C=O) groups is 1. The van der Waals surface area contributed by atoms with Gasteiger partial charge in [-0.05, 0) is 27.7 Å². The standard InChI is InChI=1S/C8H13ClO2/c1-7(2)5(9)6(10)8(3,4)11-7/h5H,1-4H3. The van der Waals surface area contributed by atoms with Gasteiger partial charge < -0.3 is 4.74 Å². The first-order valence-corrected chi connectivity index (χ1v) is 4.09. The number of carbonyl (C=O) groups excluding carboxylic acids is 1. The predicted octanol–water partition coefficient (Wildman–Crippen LogP) is 1.75. The topological polar surface area (TPSA) is 26.3 Å². The van der Waals surface area contributed by atoms with Crippen LogP contribution in [0.1, 0.15) is 27.7 Å². The predicted molar refractivity (Wildman–Crippen MR) is 43.9 cm³/mol. The number of halogens is 1. The maximum atomic E-state index is 11.4. The zero-order valence-electron chi connectivity index (χ0n) is 7.27. The Bertz CT molecular complexity index is 196. The van der Waals surface area contributed by atoms with E-state index in [2.05, 4.69) is 0 Å². The zero-order valence-corrected chi connectivity index (χ0v) is 8.03. The molecule has 2 nitrogen and oxygen atoms in total. The maximum Gasteiger partial charge on any atom is 0.184 e. The molecule has 11 heavy (non-hydrogen) atoms. The van der Waals surface area contributed by atoms with Gasteiger partial charge in [-0.2, -0.15) is 0 Å². The third-order valence-electron chi connectivity index (χ3n) is 1.95. The summed E-state index contributed by atoms with van der Waals surface area (Å²) < 4.78 is 5.48. The van der Waals surface area contributed by atoms with Crippen molar-refractivity contribution in [3.05, 3.63) is 0 Å². The van der Waals surface area contributed by atoms with E-state index in [1.54, 1.807) is 13.8 Å². The lowest BCUT2D eigenvalue weighted by Crippen LogP contribution is -2.30. The quantitative estimate of drug-likeness (QED) is 0.526. The third kappa shape index (κ3) is 1.30. The fourth-order valence-electron chi connectivity index (χ4n) is 1.38. The van der Waals surface area contributed by atoms with Crippen LogP contribution in [0.4, 0.5) is 0 Å². The fraction of sp³-hybridized carbons (Fsp3) is 0.875. The highest BCUT2D eigenvalue weighted by Gasteiger charge is 2.52. The number of ketones is 1. The summed E-state index contributed by atoms with van der Waals surface area (Å²) in [6, 6.07) is 0. The molecule has 64 valence electrons. The molecular weight excluding hydrogens is 164 g/mol. The normalized spacial score (nSPS) is 34.3. The molecule has 1 rings (SSSR count). The Morgan fingerprint density at radius 3 is 1.91 bits per heavy atom. The van der Waals surface area contributed by atoms with Crippen molar-refractivity contribution in [1.82, 2.24) is 0 Å². The second-order valence-electron chi connectivity index (χ2n) is 3.94. The van der Waals surface area contributed by atoms with Crippen LogP contribution in [-0.2, 0) is 9.53 Å². The molecule has 0 N–H and O–H groups in total. The molecule has 0 bridgehead atoms. The molecule has 0 aromatic carbocycles. The van der Waals surface area contributed by atoms with Crippen molar-refractivity contribution >= 4 is 17.4 Å². The molecule has 1 unspecified atom stereocenters. The van der Waals surface area contributed by atoms with Crippen molar-refractivity contribution in [1.29, 1.82) is 0 Å². The van der Waals surface area contributed by atoms with Gasteiger partial charge in [-0.25, -0.2) is 0 Å². The summed E-state index contributed by atoms with van der Waals surface area (Å²) in [5.74, 6) is -0.0239. The number of hydrogen-bond acceptors (Lipinski definition) is 2. The molecule has 0 saturated carbocycles. The number of hydrogen-bond donors (Lipinski definition) is 0. The van der Waals surface area contributed by atoms with Crippen LogP contribution in [0.5, 0.6) is 0 Å². The summed E-state index contributed by atoms with van der Waals surface area (Å²) in [5.41, 5.74) is -1.24. The van der Waals surface area contributed by atoms with E-state index in [-0.39, 0.29) is 5.78 Å². The van der Waals surface area contributed by atoms with Gasteiger partial charge in [0.05, 0.1) is 5.60 Å². The van der Waals surface area contributed by atoms with Crippen molar-refractivity contribution in [3.8, 4) is 0 Å². The monoisotopic (exact) mass is 176 g/mol. The Kier molecular flexibility index (Phi) is 1.81. The lowest BCUT2D eigenvalue weighted by Gasteiger charge is -2.22. The summed E-state index contributed by atoms with van der Waals surface area (Å²) in [4.78, 5) is 11.4. The fourth-order valence-corrected chi connectivity index (χ4v) is 1.69. The van der Waals surface area contributed by atoms with Crippen LogP contribution in [-0.4, -0.2) is 22.4 Å². The van der Waals surface area contributed by atoms with E-state index < -0.39 is 16.6 Å². The van der Waals surface area contributed by atoms with Crippen LogP contribution >= 0.6 is 11.6 Å². The molecular formula is C8H13ClO2. The first-order chi connectivity index (χ1) is 4.77. The smallest absolute Gasteiger partial charge is 0.184 e. The zero-order chi connectivity index (χ0) is 8.86. The van der Waals surface area contributed by atoms with Gasteiger partial charge in [0.1, 0.15) is 11.0 Å². The van der Waals surface area contributed by atoms with Crippen molar-refractivity contribution in [2.24, 2.45) is 0 Å². The van der Waals surface area contributed by atoms with Crippen molar-refractivity contribution < 1.29 is 9.53 Å². The van der Waals surface area contributed by atoms with Crippen LogP contribution < -0.4 is 0 Å². The molecule has 1 fully saturated rings. The van der Waals surface area contributed by atoms with E-state index in [1.807, 2.05) is 13.8 Å². The van der Waals surface area contributed by atoms with Crippen LogP contribution in [0.25, 0.3) is 0 Å². The largest absolute Gasteiger partial charge is 0.360 e. The summed E-state index contributed by atoms with van der Waals surface area (Å²) in [5, 5.41) is -0.516. The van der Waals surface area contributed by atoms with E-state index in [9.17, 15) is 4.79 Å². The first kappa shape index (κ1) is 9.01. The average molecular weight is 177 g/mol. The number of rotatable bonds is 0. The van der Waals surface area contributed by atoms with Crippen LogP contribution in [0, 0.1) is 0 Å². The minimum absolute atomic E-state index is 0.0239. The van der Waals surface area contributed by atoms with Gasteiger partial charge in [0.15, 0.2) is 5.78 Å². The van der Waals surface area contributed by atoms with Crippen molar-refractivity contribution in [3.63, 3.8) is 0 Å². The Morgan fingerprint density at radius 1 is 1.36 bits per heavy atom. The minimum atomic E-state index is -0.712. The molecule has 0 aliphatic carbocycles. The van der Waals surface area contributed by atoms with Gasteiger partial charge in [0.2, 0.25) is 0 Å². The second kappa shape index (κ2) is 2.20. The van der Waals surface area contributed by atoms with E-state index in [0.29, 0.717) is 0 Å². The van der Waals surface area contributed by atoms with E-state index in [4.69, 9.17) is 16.3 Å². The molecule has 0 spiro atoms. The summed E-state index contributed by atoms with van der Waals surface area (Å²) in [6.45, 7) is 7.16. The van der Waals surface area contributed by atoms with Crippen LogP contribution in [0.15, 0.2) is 0 Å². The Hall–Kier alpha value is -0.0800. The van der Waals surface area contributed by atoms with Crippen molar-refractivity contribution in [2.45, 2.75) is 44.3 Å².